The summed E-state index contributed by atoms with van der Waals surface area (Å²) in [7, 11) is 0. The van der Waals surface area contributed by atoms with Crippen LogP contribution >= 0.6 is 0 Å². The smallest absolute Gasteiger partial charge is 0.0708 e. The van der Waals surface area contributed by atoms with E-state index in [0.29, 0.717) is 6.04 Å². The molecule has 0 spiro atoms. The molecule has 2 aromatic rings. The summed E-state index contributed by atoms with van der Waals surface area (Å²) in [6, 6.07) is 11.4. The lowest BCUT2D eigenvalue weighted by atomic mass is 10.1. The van der Waals surface area contributed by atoms with Gasteiger partial charge in [0.15, 0.2) is 0 Å². The molecule has 3 rings (SSSR count). The number of para-hydroxylation sites is 1. The quantitative estimate of drug-likeness (QED) is 0.916. The summed E-state index contributed by atoms with van der Waals surface area (Å²) >= 11 is 0. The van der Waals surface area contributed by atoms with Gasteiger partial charge in [-0.2, -0.15) is 0 Å². The van der Waals surface area contributed by atoms with Crippen molar-refractivity contribution in [2.45, 2.75) is 45.2 Å². The molecule has 21 heavy (non-hydrogen) atoms. The molecule has 1 saturated carbocycles. The van der Waals surface area contributed by atoms with Crippen molar-refractivity contribution < 1.29 is 0 Å². The third kappa shape index (κ3) is 3.25. The number of aryl methyl sites for hydroxylation is 1. The molecule has 112 valence electrons. The summed E-state index contributed by atoms with van der Waals surface area (Å²) in [6.45, 7) is 4.80. The molecule has 2 N–H and O–H groups in total. The van der Waals surface area contributed by atoms with E-state index in [9.17, 15) is 0 Å². The fourth-order valence-corrected chi connectivity index (χ4v) is 3.57. The fraction of sp³-hybridized carbons (Fsp3) is 0.500. The largest absolute Gasteiger partial charge is 0.329 e. The number of aromatic nitrogens is 1. The molecule has 0 unspecified atom stereocenters. The van der Waals surface area contributed by atoms with E-state index in [1.54, 1.807) is 0 Å². The van der Waals surface area contributed by atoms with Crippen LogP contribution in [0.1, 0.15) is 36.9 Å². The van der Waals surface area contributed by atoms with Crippen LogP contribution in [0.3, 0.4) is 0 Å². The Labute approximate surface area is 127 Å². The minimum absolute atomic E-state index is 0.709. The van der Waals surface area contributed by atoms with Crippen molar-refractivity contribution in [2.75, 3.05) is 13.1 Å². The molecule has 1 aromatic carbocycles. The highest BCUT2D eigenvalue weighted by Crippen LogP contribution is 2.26. The summed E-state index contributed by atoms with van der Waals surface area (Å²) in [5.41, 5.74) is 9.43. The lowest BCUT2D eigenvalue weighted by molar-refractivity contribution is 0.196. The van der Waals surface area contributed by atoms with Crippen molar-refractivity contribution in [1.29, 1.82) is 0 Å². The second-order valence-electron chi connectivity index (χ2n) is 6.14. The van der Waals surface area contributed by atoms with Crippen LogP contribution in [-0.4, -0.2) is 29.0 Å². The second-order valence-corrected chi connectivity index (χ2v) is 6.14. The molecule has 0 amide bonds. The Bertz CT molecular complexity index is 602. The fourth-order valence-electron chi connectivity index (χ4n) is 3.57. The zero-order valence-electron chi connectivity index (χ0n) is 12.9. The third-order valence-electron chi connectivity index (χ3n) is 4.56. The Morgan fingerprint density at radius 2 is 2.00 bits per heavy atom. The predicted molar refractivity (Wildman–Crippen MR) is 88.2 cm³/mol. The minimum Gasteiger partial charge on any atom is -0.329 e. The van der Waals surface area contributed by atoms with Crippen LogP contribution in [0.4, 0.5) is 0 Å². The summed E-state index contributed by atoms with van der Waals surface area (Å²) in [6.07, 6.45) is 5.37. The number of nitrogens with zero attached hydrogens (tertiary/aromatic N) is 2. The topological polar surface area (TPSA) is 42.1 Å². The average Bonchev–Trinajstić information content (AvgIpc) is 3.00. The van der Waals surface area contributed by atoms with E-state index in [4.69, 9.17) is 5.73 Å². The molecule has 1 aromatic heterocycles. The zero-order chi connectivity index (χ0) is 14.7. The standard InChI is InChI=1S/C18H25N3/c1-14-12-15(17-8-4-5-9-18(17)20-14)13-21(11-10-19)16-6-2-3-7-16/h4-5,8-9,12,16H,2-3,6-7,10-11,13,19H2,1H3. The van der Waals surface area contributed by atoms with Crippen LogP contribution in [0.25, 0.3) is 10.9 Å². The van der Waals surface area contributed by atoms with E-state index >= 15 is 0 Å². The Hall–Kier alpha value is -1.45. The van der Waals surface area contributed by atoms with Crippen LogP contribution in [0.5, 0.6) is 0 Å². The lowest BCUT2D eigenvalue weighted by Gasteiger charge is -2.29. The third-order valence-corrected chi connectivity index (χ3v) is 4.56. The van der Waals surface area contributed by atoms with Crippen molar-refractivity contribution in [2.24, 2.45) is 5.73 Å². The molecule has 1 aliphatic rings. The lowest BCUT2D eigenvalue weighted by Crippen LogP contribution is -2.36. The van der Waals surface area contributed by atoms with Crippen molar-refractivity contribution in [3.8, 4) is 0 Å². The number of hydrogen-bond donors (Lipinski definition) is 1. The maximum absolute atomic E-state index is 5.84. The minimum atomic E-state index is 0.709. The Kier molecular flexibility index (Phi) is 4.51. The van der Waals surface area contributed by atoms with E-state index in [0.717, 1.165) is 30.8 Å². The Morgan fingerprint density at radius 3 is 2.76 bits per heavy atom. The molecule has 3 nitrogen and oxygen atoms in total. The molecule has 0 bridgehead atoms. The molecule has 0 aliphatic heterocycles. The number of fused-ring (bicyclic) bond motifs is 1. The number of rotatable bonds is 5. The Morgan fingerprint density at radius 1 is 1.24 bits per heavy atom. The first kappa shape index (κ1) is 14.5. The second kappa shape index (κ2) is 6.54. The van der Waals surface area contributed by atoms with Gasteiger partial charge in [0, 0.05) is 36.8 Å². The number of pyridine rings is 1. The number of benzene rings is 1. The molecule has 0 atom stereocenters. The van der Waals surface area contributed by atoms with E-state index in [-0.39, 0.29) is 0 Å². The first-order chi connectivity index (χ1) is 10.3. The highest BCUT2D eigenvalue weighted by molar-refractivity contribution is 5.82. The van der Waals surface area contributed by atoms with Crippen LogP contribution < -0.4 is 5.73 Å². The van der Waals surface area contributed by atoms with Gasteiger partial charge in [0.05, 0.1) is 5.52 Å². The molecular formula is C18H25N3. The molecule has 0 radical (unpaired) electrons. The molecule has 1 aliphatic carbocycles. The SMILES string of the molecule is Cc1cc(CN(CCN)C2CCCC2)c2ccccc2n1. The van der Waals surface area contributed by atoms with Crippen molar-refractivity contribution in [3.63, 3.8) is 0 Å². The molecule has 3 heteroatoms. The van der Waals surface area contributed by atoms with Gasteiger partial charge in [-0.25, -0.2) is 0 Å². The summed E-state index contributed by atoms with van der Waals surface area (Å²) < 4.78 is 0. The summed E-state index contributed by atoms with van der Waals surface area (Å²) in [5, 5.41) is 1.28. The average molecular weight is 283 g/mol. The van der Waals surface area contributed by atoms with Gasteiger partial charge in [-0.15, -0.1) is 0 Å². The van der Waals surface area contributed by atoms with Gasteiger partial charge in [0.1, 0.15) is 0 Å². The van der Waals surface area contributed by atoms with Gasteiger partial charge in [-0.1, -0.05) is 31.0 Å². The first-order valence-electron chi connectivity index (χ1n) is 8.07. The number of hydrogen-bond acceptors (Lipinski definition) is 3. The van der Waals surface area contributed by atoms with Gasteiger partial charge < -0.3 is 5.73 Å². The van der Waals surface area contributed by atoms with E-state index < -0.39 is 0 Å². The normalized spacial score (nSPS) is 16.1. The molecule has 1 heterocycles. The molecular weight excluding hydrogens is 258 g/mol. The highest BCUT2D eigenvalue weighted by atomic mass is 15.2. The van der Waals surface area contributed by atoms with Gasteiger partial charge in [-0.3, -0.25) is 9.88 Å². The summed E-state index contributed by atoms with van der Waals surface area (Å²) in [4.78, 5) is 7.22. The van der Waals surface area contributed by atoms with Gasteiger partial charge in [-0.05, 0) is 37.5 Å². The first-order valence-corrected chi connectivity index (χ1v) is 8.07. The van der Waals surface area contributed by atoms with E-state index in [1.807, 2.05) is 0 Å². The van der Waals surface area contributed by atoms with Crippen molar-refractivity contribution in [3.05, 3.63) is 41.6 Å². The van der Waals surface area contributed by atoms with Crippen molar-refractivity contribution >= 4 is 10.9 Å². The Balaban J connectivity index is 1.91. The molecule has 1 fully saturated rings. The zero-order valence-corrected chi connectivity index (χ0v) is 12.9. The maximum atomic E-state index is 5.84. The maximum Gasteiger partial charge on any atom is 0.0708 e. The monoisotopic (exact) mass is 283 g/mol. The van der Waals surface area contributed by atoms with Crippen molar-refractivity contribution in [1.82, 2.24) is 9.88 Å². The van der Waals surface area contributed by atoms with Gasteiger partial charge >= 0.3 is 0 Å². The molecule has 0 saturated heterocycles. The van der Waals surface area contributed by atoms with Crippen LogP contribution in [0, 0.1) is 6.92 Å². The number of nitrogens with two attached hydrogens (primary N) is 1. The highest BCUT2D eigenvalue weighted by Gasteiger charge is 2.22. The van der Waals surface area contributed by atoms with E-state index in [2.05, 4.69) is 47.1 Å². The van der Waals surface area contributed by atoms with E-state index in [1.165, 1.54) is 36.6 Å². The summed E-state index contributed by atoms with van der Waals surface area (Å²) in [5.74, 6) is 0. The van der Waals surface area contributed by atoms with Crippen LogP contribution in [0.2, 0.25) is 0 Å². The van der Waals surface area contributed by atoms with Gasteiger partial charge in [0.25, 0.3) is 0 Å². The van der Waals surface area contributed by atoms with Crippen LogP contribution in [0.15, 0.2) is 30.3 Å². The van der Waals surface area contributed by atoms with Gasteiger partial charge in [0.2, 0.25) is 0 Å². The predicted octanol–water partition coefficient (Wildman–Crippen LogP) is 3.25. The van der Waals surface area contributed by atoms with Crippen LogP contribution in [-0.2, 0) is 6.54 Å².